The van der Waals surface area contributed by atoms with Gasteiger partial charge in [-0.05, 0) is 36.1 Å². The molecule has 8 nitrogen and oxygen atoms in total. The molecule has 0 aromatic heterocycles. The Bertz CT molecular complexity index is 1390. The molecule has 0 radical (unpaired) electrons. The molecular weight excluding hydrogens is 575 g/mol. The van der Waals surface area contributed by atoms with Gasteiger partial charge in [0, 0.05) is 18.6 Å². The average Bonchev–Trinajstić information content (AvgIpc) is 3.35. The van der Waals surface area contributed by atoms with Gasteiger partial charge in [0.1, 0.15) is 0 Å². The van der Waals surface area contributed by atoms with E-state index < -0.39 is 10.4 Å². The Balaban J connectivity index is 0.00000462. The minimum Gasteiger partial charge on any atom is -0.726 e. The van der Waals surface area contributed by atoms with Crippen LogP contribution < -0.4 is 29.6 Å². The van der Waals surface area contributed by atoms with Crippen molar-refractivity contribution in [1.82, 2.24) is 9.80 Å². The van der Waals surface area contributed by atoms with Gasteiger partial charge in [0.15, 0.2) is 0 Å². The van der Waals surface area contributed by atoms with E-state index in [4.69, 9.17) is 11.6 Å². The molecule has 0 N–H and O–H groups in total. The Kier molecular flexibility index (Phi) is 12.7. The molecule has 41 heavy (non-hydrogen) atoms. The summed E-state index contributed by atoms with van der Waals surface area (Å²) in [6.45, 7) is 0.465. The summed E-state index contributed by atoms with van der Waals surface area (Å²) in [5.41, 5.74) is 3.82. The number of likely N-dealkylation sites (N-methyl/N-ethyl adjacent to an activating group) is 1. The van der Waals surface area contributed by atoms with Crippen LogP contribution >= 0.6 is 11.6 Å². The van der Waals surface area contributed by atoms with Crippen LogP contribution in [-0.4, -0.2) is 54.8 Å². The first kappa shape index (κ1) is 33.5. The van der Waals surface area contributed by atoms with Crippen LogP contribution in [0.2, 0.25) is 5.02 Å². The Morgan fingerprint density at radius 1 is 0.732 bits per heavy atom. The van der Waals surface area contributed by atoms with Crippen molar-refractivity contribution >= 4 is 45.2 Å². The van der Waals surface area contributed by atoms with E-state index in [-0.39, 0.29) is 48.0 Å². The van der Waals surface area contributed by atoms with Crippen LogP contribution in [0.1, 0.15) is 68.9 Å². The zero-order valence-electron chi connectivity index (χ0n) is 23.6. The van der Waals surface area contributed by atoms with Gasteiger partial charge in [0.25, 0.3) is 11.8 Å². The molecule has 0 unspecified atom stereocenters. The number of nitrogens with zero attached hydrogens (tertiary/aromatic N) is 2. The molecular formula is C30H34ClN2NaO6S. The molecule has 2 aromatic carbocycles. The maximum atomic E-state index is 13.8. The van der Waals surface area contributed by atoms with E-state index in [0.717, 1.165) is 62.5 Å². The van der Waals surface area contributed by atoms with E-state index in [1.165, 1.54) is 0 Å². The van der Waals surface area contributed by atoms with E-state index in [0.29, 0.717) is 40.5 Å². The molecule has 2 amide bonds. The second kappa shape index (κ2) is 15.5. The molecule has 4 rings (SSSR count). The summed E-state index contributed by atoms with van der Waals surface area (Å²) in [4.78, 5) is 30.7. The van der Waals surface area contributed by atoms with Crippen LogP contribution in [-0.2, 0) is 24.2 Å². The van der Waals surface area contributed by atoms with Crippen molar-refractivity contribution in [3.8, 4) is 0 Å². The molecule has 2 heterocycles. The summed E-state index contributed by atoms with van der Waals surface area (Å²) in [6, 6.07) is 16.8. The summed E-state index contributed by atoms with van der Waals surface area (Å²) in [6.07, 6.45) is 8.31. The Morgan fingerprint density at radius 2 is 1.24 bits per heavy atom. The fourth-order valence-electron chi connectivity index (χ4n) is 5.29. The quantitative estimate of drug-likeness (QED) is 0.133. The zero-order valence-corrected chi connectivity index (χ0v) is 27.2. The van der Waals surface area contributed by atoms with Crippen LogP contribution in [0, 0.1) is 0 Å². The minimum absolute atomic E-state index is 0. The summed E-state index contributed by atoms with van der Waals surface area (Å²) in [5.74, 6) is -0.332. The third-order valence-electron chi connectivity index (χ3n) is 7.23. The summed E-state index contributed by atoms with van der Waals surface area (Å²) >= 11 is 6.13. The maximum absolute atomic E-state index is 13.8. The molecule has 0 aliphatic carbocycles. The summed E-state index contributed by atoms with van der Waals surface area (Å²) in [7, 11) is -2.88. The summed E-state index contributed by atoms with van der Waals surface area (Å²) in [5, 5.41) is 0.588. The van der Waals surface area contributed by atoms with E-state index >= 15 is 0 Å². The number of carbonyl (C=O) groups is 2. The van der Waals surface area contributed by atoms with Gasteiger partial charge in [-0.3, -0.25) is 13.8 Å². The third kappa shape index (κ3) is 8.54. The van der Waals surface area contributed by atoms with Crippen LogP contribution in [0.25, 0.3) is 11.4 Å². The van der Waals surface area contributed by atoms with Crippen LogP contribution in [0.5, 0.6) is 0 Å². The maximum Gasteiger partial charge on any atom is 1.00 e. The molecule has 2 aliphatic heterocycles. The smallest absolute Gasteiger partial charge is 0.726 e. The summed E-state index contributed by atoms with van der Waals surface area (Å²) < 4.78 is 35.5. The molecule has 0 saturated carbocycles. The largest absolute Gasteiger partial charge is 1.00 e. The predicted molar refractivity (Wildman–Crippen MR) is 153 cm³/mol. The van der Waals surface area contributed by atoms with Gasteiger partial charge in [-0.1, -0.05) is 99.0 Å². The number of hydrogen-bond donors (Lipinski definition) is 0. The van der Waals surface area contributed by atoms with Crippen molar-refractivity contribution in [3.63, 3.8) is 0 Å². The Labute approximate surface area is 269 Å². The van der Waals surface area contributed by atoms with Gasteiger partial charge < -0.3 is 14.4 Å². The molecule has 0 bridgehead atoms. The number of hydrogen-bond acceptors (Lipinski definition) is 6. The fraction of sp³-hybridized carbons (Fsp3) is 0.400. The van der Waals surface area contributed by atoms with Crippen LogP contribution in [0.15, 0.2) is 65.7 Å². The van der Waals surface area contributed by atoms with Gasteiger partial charge >= 0.3 is 29.6 Å². The first-order chi connectivity index (χ1) is 19.2. The SMILES string of the molecule is CN1C(=O)C2=C(c3ccc(Cl)cc3)N(CCCCCCCCCCCOS(=O)(=O)[O-])C(=O)C2=C1c1ccccc1.[Na+]. The number of unbranched alkanes of at least 4 members (excludes halogenated alkanes) is 8. The van der Waals surface area contributed by atoms with E-state index in [9.17, 15) is 22.6 Å². The van der Waals surface area contributed by atoms with Crippen molar-refractivity contribution in [3.05, 3.63) is 81.9 Å². The second-order valence-corrected chi connectivity index (χ2v) is 11.5. The molecule has 0 atom stereocenters. The minimum atomic E-state index is -4.59. The number of fused-ring (bicyclic) bond motifs is 1. The van der Waals surface area contributed by atoms with Gasteiger partial charge in [0.2, 0.25) is 10.4 Å². The molecule has 2 aromatic rings. The topological polar surface area (TPSA) is 107 Å². The van der Waals surface area contributed by atoms with Crippen molar-refractivity contribution in [2.24, 2.45) is 0 Å². The molecule has 0 fully saturated rings. The first-order valence-electron chi connectivity index (χ1n) is 13.7. The number of amides is 2. The van der Waals surface area contributed by atoms with E-state index in [1.807, 2.05) is 42.5 Å². The number of rotatable bonds is 15. The van der Waals surface area contributed by atoms with Gasteiger partial charge in [-0.2, -0.15) is 0 Å². The first-order valence-corrected chi connectivity index (χ1v) is 15.4. The van der Waals surface area contributed by atoms with E-state index in [2.05, 4.69) is 4.18 Å². The van der Waals surface area contributed by atoms with Crippen molar-refractivity contribution in [1.29, 1.82) is 0 Å². The standard InChI is InChI=1S/C30H35ClN2O6S.Na/c1-32-27(22-14-10-9-11-15-22)25-26(29(32)34)28(23-16-18-24(31)19-17-23)33(30(25)35)20-12-7-5-3-2-4-6-8-13-21-39-40(36,37)38;/h9-11,14-19H,2-8,12-13,20-21H2,1H3,(H,36,37,38);/q;+1/p-1. The van der Waals surface area contributed by atoms with Crippen molar-refractivity contribution in [2.45, 2.75) is 57.8 Å². The molecule has 0 saturated heterocycles. The van der Waals surface area contributed by atoms with Crippen molar-refractivity contribution in [2.75, 3.05) is 20.2 Å². The zero-order chi connectivity index (χ0) is 28.7. The van der Waals surface area contributed by atoms with Gasteiger partial charge in [-0.25, -0.2) is 8.42 Å². The normalized spacial score (nSPS) is 15.2. The predicted octanol–water partition coefficient (Wildman–Crippen LogP) is 2.77. The molecule has 214 valence electrons. The molecule has 2 aliphatic rings. The molecule has 11 heteroatoms. The Hall–Kier alpha value is -1.98. The fourth-order valence-corrected chi connectivity index (χ4v) is 5.74. The number of halogens is 1. The third-order valence-corrected chi connectivity index (χ3v) is 7.93. The second-order valence-electron chi connectivity index (χ2n) is 10.1. The molecule has 0 spiro atoms. The Morgan fingerprint density at radius 3 is 1.83 bits per heavy atom. The van der Waals surface area contributed by atoms with Crippen LogP contribution in [0.3, 0.4) is 0 Å². The average molecular weight is 609 g/mol. The van der Waals surface area contributed by atoms with Crippen LogP contribution in [0.4, 0.5) is 0 Å². The monoisotopic (exact) mass is 608 g/mol. The number of carbonyl (C=O) groups excluding carboxylic acids is 2. The van der Waals surface area contributed by atoms with Crippen molar-refractivity contribution < 1.29 is 56.3 Å². The van der Waals surface area contributed by atoms with Gasteiger partial charge in [0.05, 0.1) is 29.1 Å². The van der Waals surface area contributed by atoms with E-state index in [1.54, 1.807) is 29.0 Å². The number of benzene rings is 2. The van der Waals surface area contributed by atoms with Gasteiger partial charge in [-0.15, -0.1) is 0 Å².